The van der Waals surface area contributed by atoms with Gasteiger partial charge in [-0.05, 0) is 47.9 Å². The van der Waals surface area contributed by atoms with Gasteiger partial charge in [-0.25, -0.2) is 9.59 Å². The fourth-order valence-corrected chi connectivity index (χ4v) is 8.62. The second kappa shape index (κ2) is 27.7. The fourth-order valence-electron chi connectivity index (χ4n) is 8.28. The van der Waals surface area contributed by atoms with Crippen LogP contribution in [0.4, 0.5) is 41.6 Å². The number of rotatable bonds is 22. The molecular formula is C40H62Cl2F2N14O8. The third kappa shape index (κ3) is 18.1. The molecule has 2 saturated carbocycles. The topological polar surface area (TPSA) is 281 Å². The van der Waals surface area contributed by atoms with Crippen LogP contribution in [-0.4, -0.2) is 156 Å². The number of hydrogen-bond acceptors (Lipinski definition) is 16. The number of anilines is 4. The van der Waals surface area contributed by atoms with Gasteiger partial charge in [-0.2, -0.15) is 28.7 Å². The maximum absolute atomic E-state index is 14.9. The first-order valence-electron chi connectivity index (χ1n) is 22.4. The van der Waals surface area contributed by atoms with Crippen LogP contribution in [0.5, 0.6) is 0 Å². The Balaban J connectivity index is 0.000000247. The SMILES string of the molecule is O=C(O)NC[C@@H](CC1CCCC1)C(=O)NNc1nc(Cl)nc(NCCN2CCOCC2)c1F.O=C(O)NC[C@@H](CC1CCCC1)C(=O)NNc1nc(Cl)nc(NCCN2CCOCC2)c1F. The van der Waals surface area contributed by atoms with E-state index < -0.39 is 47.5 Å². The van der Waals surface area contributed by atoms with Gasteiger partial charge in [-0.3, -0.25) is 41.1 Å². The molecule has 2 saturated heterocycles. The highest BCUT2D eigenvalue weighted by atomic mass is 35.5. The fraction of sp³-hybridized carbons (Fsp3) is 0.700. The van der Waals surface area contributed by atoms with Gasteiger partial charge in [0, 0.05) is 65.4 Å². The zero-order chi connectivity index (χ0) is 47.3. The quantitative estimate of drug-likeness (QED) is 0.0593. The third-order valence-corrected chi connectivity index (χ3v) is 12.2. The number of carbonyl (C=O) groups is 4. The molecule has 2 aromatic heterocycles. The normalized spacial score (nSPS) is 18.0. The van der Waals surface area contributed by atoms with Crippen molar-refractivity contribution in [2.75, 3.05) is 113 Å². The second-order valence-electron chi connectivity index (χ2n) is 16.5. The van der Waals surface area contributed by atoms with Crippen molar-refractivity contribution in [1.29, 1.82) is 0 Å². The van der Waals surface area contributed by atoms with Crippen LogP contribution in [0.25, 0.3) is 0 Å². The van der Waals surface area contributed by atoms with Crippen LogP contribution >= 0.6 is 23.2 Å². The van der Waals surface area contributed by atoms with Crippen molar-refractivity contribution in [2.24, 2.45) is 23.7 Å². The molecule has 0 spiro atoms. The average Bonchev–Trinajstić information content (AvgIpc) is 4.03. The number of nitrogens with zero attached hydrogens (tertiary/aromatic N) is 6. The summed E-state index contributed by atoms with van der Waals surface area (Å²) in [6.45, 7) is 8.14. The van der Waals surface area contributed by atoms with Gasteiger partial charge in [-0.15, -0.1) is 0 Å². The largest absolute Gasteiger partial charge is 0.465 e. The van der Waals surface area contributed by atoms with Gasteiger partial charge < -0.3 is 41.0 Å². The van der Waals surface area contributed by atoms with Crippen LogP contribution in [0.1, 0.15) is 64.2 Å². The summed E-state index contributed by atoms with van der Waals surface area (Å²) in [5.41, 5.74) is 9.83. The smallest absolute Gasteiger partial charge is 0.404 e. The Kier molecular flexibility index (Phi) is 21.9. The number of carboxylic acid groups (broad SMARTS) is 2. The van der Waals surface area contributed by atoms with E-state index in [1.54, 1.807) is 0 Å². The molecule has 0 radical (unpaired) electrons. The summed E-state index contributed by atoms with van der Waals surface area (Å²) in [6.07, 6.45) is 7.18. The van der Waals surface area contributed by atoms with E-state index in [2.05, 4.69) is 72.7 Å². The lowest BCUT2D eigenvalue weighted by atomic mass is 9.92. The highest BCUT2D eigenvalue weighted by molar-refractivity contribution is 6.28. The first kappa shape index (κ1) is 52.1. The lowest BCUT2D eigenvalue weighted by Crippen LogP contribution is -2.42. The molecule has 0 bridgehead atoms. The summed E-state index contributed by atoms with van der Waals surface area (Å²) in [5, 5.41) is 27.8. The summed E-state index contributed by atoms with van der Waals surface area (Å²) in [5.74, 6) is -3.62. The average molecular weight is 976 g/mol. The second-order valence-corrected chi connectivity index (χ2v) is 17.2. The molecule has 2 aliphatic heterocycles. The number of hydrazine groups is 2. The number of morpholine rings is 2. The van der Waals surface area contributed by atoms with Crippen LogP contribution < -0.4 is 43.0 Å². The van der Waals surface area contributed by atoms with Crippen LogP contribution in [0.3, 0.4) is 0 Å². The molecule has 368 valence electrons. The third-order valence-electron chi connectivity index (χ3n) is 11.8. The van der Waals surface area contributed by atoms with Crippen LogP contribution in [0, 0.1) is 35.3 Å². The van der Waals surface area contributed by atoms with Gasteiger partial charge in [0.2, 0.25) is 34.0 Å². The molecule has 2 atom stereocenters. The summed E-state index contributed by atoms with van der Waals surface area (Å²) in [7, 11) is 0. The number of halogens is 4. The highest BCUT2D eigenvalue weighted by Gasteiger charge is 2.28. The van der Waals surface area contributed by atoms with Gasteiger partial charge in [0.05, 0.1) is 38.3 Å². The number of carbonyl (C=O) groups excluding carboxylic acids is 2. The summed E-state index contributed by atoms with van der Waals surface area (Å²) in [4.78, 5) is 67.0. The number of aromatic nitrogens is 4. The molecule has 26 heteroatoms. The van der Waals surface area contributed by atoms with E-state index in [1.165, 1.54) is 0 Å². The Bertz CT molecular complexity index is 1750. The number of amides is 4. The number of hydrogen-bond donors (Lipinski definition) is 10. The lowest BCUT2D eigenvalue weighted by molar-refractivity contribution is -0.125. The molecular weight excluding hydrogens is 913 g/mol. The minimum absolute atomic E-state index is 0.0271. The number of ether oxygens (including phenoxy) is 2. The molecule has 4 aliphatic rings. The maximum Gasteiger partial charge on any atom is 0.404 e. The molecule has 4 amide bonds. The monoisotopic (exact) mass is 974 g/mol. The zero-order valence-electron chi connectivity index (χ0n) is 36.8. The van der Waals surface area contributed by atoms with Crippen molar-refractivity contribution in [3.05, 3.63) is 22.2 Å². The van der Waals surface area contributed by atoms with Crippen molar-refractivity contribution in [3.63, 3.8) is 0 Å². The predicted molar refractivity (Wildman–Crippen MR) is 241 cm³/mol. The van der Waals surface area contributed by atoms with Crippen LogP contribution in [-0.2, 0) is 19.1 Å². The molecule has 2 aliphatic carbocycles. The summed E-state index contributed by atoms with van der Waals surface area (Å²) in [6, 6.07) is 0. The van der Waals surface area contributed by atoms with E-state index in [9.17, 15) is 28.0 Å². The Hall–Kier alpha value is -4.88. The van der Waals surface area contributed by atoms with Crippen molar-refractivity contribution in [3.8, 4) is 0 Å². The molecule has 22 nitrogen and oxygen atoms in total. The van der Waals surface area contributed by atoms with E-state index in [0.717, 1.165) is 77.5 Å². The van der Waals surface area contributed by atoms with E-state index in [0.29, 0.717) is 77.3 Å². The molecule has 0 unspecified atom stereocenters. The Morgan fingerprint density at radius 2 is 0.955 bits per heavy atom. The van der Waals surface area contributed by atoms with E-state index >= 15 is 0 Å². The first-order chi connectivity index (χ1) is 31.8. The molecule has 10 N–H and O–H groups in total. The van der Waals surface area contributed by atoms with Gasteiger partial charge in [0.1, 0.15) is 0 Å². The van der Waals surface area contributed by atoms with Gasteiger partial charge in [0.15, 0.2) is 23.3 Å². The summed E-state index contributed by atoms with van der Waals surface area (Å²) < 4.78 is 40.3. The van der Waals surface area contributed by atoms with E-state index in [4.69, 9.17) is 42.9 Å². The Labute approximate surface area is 391 Å². The van der Waals surface area contributed by atoms with Crippen molar-refractivity contribution in [1.82, 2.24) is 51.2 Å². The standard InChI is InChI=1S/2C20H31ClFN7O4/c2*21-19-25-16(23-5-6-29-7-9-33-10-8-29)15(22)17(26-19)27-28-18(30)14(12-24-20(31)32)11-13-3-1-2-4-13/h2*13-14,24H,1-12H2,(H,28,30)(H,31,32)(H2,23,25,26,27)/t2*14-/m11/s1. The van der Waals surface area contributed by atoms with Gasteiger partial charge in [0.25, 0.3) is 0 Å². The molecule has 66 heavy (non-hydrogen) atoms. The van der Waals surface area contributed by atoms with Crippen LogP contribution in [0.15, 0.2) is 0 Å². The molecule has 0 aromatic carbocycles. The summed E-state index contributed by atoms with van der Waals surface area (Å²) >= 11 is 11.9. The van der Waals surface area contributed by atoms with Crippen molar-refractivity contribution < 1.29 is 47.6 Å². The predicted octanol–water partition coefficient (Wildman–Crippen LogP) is 3.84. The Morgan fingerprint density at radius 3 is 1.30 bits per heavy atom. The molecule has 4 fully saturated rings. The van der Waals surface area contributed by atoms with Crippen molar-refractivity contribution >= 4 is 70.5 Å². The zero-order valence-corrected chi connectivity index (χ0v) is 38.3. The Morgan fingerprint density at radius 1 is 0.606 bits per heavy atom. The van der Waals surface area contributed by atoms with E-state index in [1.807, 2.05) is 0 Å². The van der Waals surface area contributed by atoms with Gasteiger partial charge in [-0.1, -0.05) is 51.4 Å². The van der Waals surface area contributed by atoms with Crippen molar-refractivity contribution in [2.45, 2.75) is 64.2 Å². The molecule has 6 rings (SSSR count). The van der Waals surface area contributed by atoms with Crippen LogP contribution in [0.2, 0.25) is 10.6 Å². The highest BCUT2D eigenvalue weighted by Crippen LogP contribution is 2.32. The molecule has 2 aromatic rings. The lowest BCUT2D eigenvalue weighted by Gasteiger charge is -2.26. The number of nitrogens with one attached hydrogen (secondary N) is 8. The minimum atomic E-state index is -1.20. The van der Waals surface area contributed by atoms with E-state index in [-0.39, 0.29) is 46.9 Å². The molecule has 4 heterocycles. The first-order valence-corrected chi connectivity index (χ1v) is 23.2. The maximum atomic E-state index is 14.9. The van der Waals surface area contributed by atoms with Gasteiger partial charge >= 0.3 is 12.2 Å². The minimum Gasteiger partial charge on any atom is -0.465 e.